The van der Waals surface area contributed by atoms with Crippen LogP contribution in [0.3, 0.4) is 0 Å². The van der Waals surface area contributed by atoms with Gasteiger partial charge in [-0.15, -0.1) is 0 Å². The van der Waals surface area contributed by atoms with E-state index in [4.69, 9.17) is 5.11 Å². The van der Waals surface area contributed by atoms with Crippen molar-refractivity contribution in [2.24, 2.45) is 11.8 Å². The molecule has 25 heavy (non-hydrogen) atoms. The van der Waals surface area contributed by atoms with Gasteiger partial charge in [-0.3, -0.25) is 0 Å². The number of benzene rings is 1. The molecule has 2 aliphatic rings. The average Bonchev–Trinajstić information content (AvgIpc) is 3.39. The molecule has 1 aromatic rings. The summed E-state index contributed by atoms with van der Waals surface area (Å²) in [5, 5.41) is 15.2. The minimum absolute atomic E-state index is 0.155. The zero-order valence-corrected chi connectivity index (χ0v) is 15.1. The molecule has 2 atom stereocenters. The number of rotatable bonds is 7. The van der Waals surface area contributed by atoms with E-state index in [0.29, 0.717) is 17.9 Å². The number of carbonyl (C=O) groups is 1. The Balaban J connectivity index is 1.41. The first kappa shape index (κ1) is 18.0. The second-order valence-electron chi connectivity index (χ2n) is 7.51. The molecule has 4 heteroatoms. The first-order chi connectivity index (χ1) is 12.2. The molecule has 0 aromatic heterocycles. The van der Waals surface area contributed by atoms with Crippen molar-refractivity contribution in [3.05, 3.63) is 41.5 Å². The molecule has 2 unspecified atom stereocenters. The van der Waals surface area contributed by atoms with Crippen LogP contribution in [0.25, 0.3) is 6.08 Å². The molecule has 0 heterocycles. The number of hydrogen-bond donors (Lipinski definition) is 3. The molecule has 136 valence electrons. The van der Waals surface area contributed by atoms with Crippen molar-refractivity contribution in [3.8, 4) is 0 Å². The van der Waals surface area contributed by atoms with Crippen molar-refractivity contribution in [2.75, 3.05) is 6.54 Å². The minimum Gasteiger partial charge on any atom is -0.465 e. The highest BCUT2D eigenvalue weighted by Gasteiger charge is 2.39. The molecule has 1 aromatic carbocycles. The highest BCUT2D eigenvalue weighted by molar-refractivity contribution is 5.64. The summed E-state index contributed by atoms with van der Waals surface area (Å²) in [7, 11) is 0. The summed E-state index contributed by atoms with van der Waals surface area (Å²) in [6.07, 6.45) is 8.02. The monoisotopic (exact) mass is 342 g/mol. The quantitative estimate of drug-likeness (QED) is 0.693. The Labute approximate surface area is 150 Å². The predicted octanol–water partition coefficient (Wildman–Crippen LogP) is 4.28. The van der Waals surface area contributed by atoms with Crippen molar-refractivity contribution in [2.45, 2.75) is 57.5 Å². The van der Waals surface area contributed by atoms with E-state index in [1.54, 1.807) is 5.57 Å². The second kappa shape index (κ2) is 8.52. The van der Waals surface area contributed by atoms with E-state index >= 15 is 0 Å². The molecule has 3 N–H and O–H groups in total. The first-order valence-electron chi connectivity index (χ1n) is 9.64. The Morgan fingerprint density at radius 3 is 2.56 bits per heavy atom. The summed E-state index contributed by atoms with van der Waals surface area (Å²) in [5.74, 6) is 1.38. The summed E-state index contributed by atoms with van der Waals surface area (Å²) in [6, 6.07) is 11.4. The molecule has 3 rings (SSSR count). The standard InChI is InChI=1S/C21H30N2O2/c1-2-17(12-15-6-4-3-5-7-15)19-13-20(19)22-14-16-8-10-18(11-9-16)23-21(24)25/h3-7,12,16,18-20,22-23H,2,8-11,13-14H2,1H3,(H,24,25). The van der Waals surface area contributed by atoms with Crippen LogP contribution in [0, 0.1) is 11.8 Å². The van der Waals surface area contributed by atoms with Gasteiger partial charge in [0.2, 0.25) is 0 Å². The maximum atomic E-state index is 10.7. The van der Waals surface area contributed by atoms with Gasteiger partial charge in [0, 0.05) is 12.1 Å². The van der Waals surface area contributed by atoms with Crippen LogP contribution in [0.1, 0.15) is 51.0 Å². The highest BCUT2D eigenvalue weighted by Crippen LogP contribution is 2.40. The van der Waals surface area contributed by atoms with Gasteiger partial charge in [-0.2, -0.15) is 0 Å². The van der Waals surface area contributed by atoms with E-state index in [9.17, 15) is 4.79 Å². The molecular formula is C21H30N2O2. The zero-order chi connectivity index (χ0) is 17.6. The normalized spacial score (nSPS) is 29.2. The van der Waals surface area contributed by atoms with Crippen molar-refractivity contribution in [1.29, 1.82) is 0 Å². The van der Waals surface area contributed by atoms with Gasteiger partial charge < -0.3 is 15.7 Å². The van der Waals surface area contributed by atoms with Gasteiger partial charge in [0.15, 0.2) is 0 Å². The fourth-order valence-corrected chi connectivity index (χ4v) is 4.07. The molecular weight excluding hydrogens is 312 g/mol. The molecule has 2 fully saturated rings. The molecule has 1 amide bonds. The van der Waals surface area contributed by atoms with Gasteiger partial charge in [-0.1, -0.05) is 48.9 Å². The van der Waals surface area contributed by atoms with Crippen LogP contribution < -0.4 is 10.6 Å². The summed E-state index contributed by atoms with van der Waals surface area (Å²) in [4.78, 5) is 10.7. The van der Waals surface area contributed by atoms with Crippen LogP contribution in [-0.4, -0.2) is 29.8 Å². The summed E-state index contributed by atoms with van der Waals surface area (Å²) in [5.41, 5.74) is 2.85. The summed E-state index contributed by atoms with van der Waals surface area (Å²) in [6.45, 7) is 3.32. The van der Waals surface area contributed by atoms with Crippen LogP contribution >= 0.6 is 0 Å². The molecule has 2 aliphatic carbocycles. The lowest BCUT2D eigenvalue weighted by Crippen LogP contribution is -2.38. The van der Waals surface area contributed by atoms with Crippen LogP contribution in [0.2, 0.25) is 0 Å². The molecule has 0 spiro atoms. The topological polar surface area (TPSA) is 61.4 Å². The third-order valence-electron chi connectivity index (χ3n) is 5.67. The van der Waals surface area contributed by atoms with E-state index in [0.717, 1.165) is 38.6 Å². The SMILES string of the molecule is CCC(=Cc1ccccc1)C1CC1NCC1CCC(NC(=O)O)CC1. The summed E-state index contributed by atoms with van der Waals surface area (Å²) >= 11 is 0. The number of carboxylic acid groups (broad SMARTS) is 1. The molecule has 0 radical (unpaired) electrons. The lowest BCUT2D eigenvalue weighted by atomic mass is 9.86. The van der Waals surface area contributed by atoms with E-state index in [1.165, 1.54) is 12.0 Å². The van der Waals surface area contributed by atoms with Gasteiger partial charge in [0.1, 0.15) is 0 Å². The van der Waals surface area contributed by atoms with E-state index in [-0.39, 0.29) is 6.04 Å². The fraction of sp³-hybridized carbons (Fsp3) is 0.571. The van der Waals surface area contributed by atoms with Crippen molar-refractivity contribution in [3.63, 3.8) is 0 Å². The Morgan fingerprint density at radius 1 is 1.20 bits per heavy atom. The fourth-order valence-electron chi connectivity index (χ4n) is 4.07. The van der Waals surface area contributed by atoms with Crippen LogP contribution in [-0.2, 0) is 0 Å². The van der Waals surface area contributed by atoms with Crippen LogP contribution in [0.15, 0.2) is 35.9 Å². The molecule has 0 saturated heterocycles. The number of nitrogens with one attached hydrogen (secondary N) is 2. The summed E-state index contributed by atoms with van der Waals surface area (Å²) < 4.78 is 0. The molecule has 0 bridgehead atoms. The van der Waals surface area contributed by atoms with Crippen LogP contribution in [0.5, 0.6) is 0 Å². The third kappa shape index (κ3) is 5.33. The number of amides is 1. The zero-order valence-electron chi connectivity index (χ0n) is 15.1. The maximum Gasteiger partial charge on any atom is 0.404 e. The minimum atomic E-state index is -0.889. The smallest absolute Gasteiger partial charge is 0.404 e. The lowest BCUT2D eigenvalue weighted by molar-refractivity contribution is 0.182. The van der Waals surface area contributed by atoms with Gasteiger partial charge >= 0.3 is 6.09 Å². The van der Waals surface area contributed by atoms with Gasteiger partial charge in [0.25, 0.3) is 0 Å². The average molecular weight is 342 g/mol. The van der Waals surface area contributed by atoms with Gasteiger partial charge in [0.05, 0.1) is 0 Å². The third-order valence-corrected chi connectivity index (χ3v) is 5.67. The van der Waals surface area contributed by atoms with Crippen LogP contribution in [0.4, 0.5) is 4.79 Å². The largest absolute Gasteiger partial charge is 0.465 e. The number of hydrogen-bond acceptors (Lipinski definition) is 2. The van der Waals surface area contributed by atoms with Crippen molar-refractivity contribution < 1.29 is 9.90 Å². The highest BCUT2D eigenvalue weighted by atomic mass is 16.4. The Hall–Kier alpha value is -1.81. The second-order valence-corrected chi connectivity index (χ2v) is 7.51. The van der Waals surface area contributed by atoms with Crippen molar-refractivity contribution >= 4 is 12.2 Å². The molecule has 4 nitrogen and oxygen atoms in total. The van der Waals surface area contributed by atoms with Gasteiger partial charge in [-0.05, 0) is 62.5 Å². The Morgan fingerprint density at radius 2 is 1.92 bits per heavy atom. The van der Waals surface area contributed by atoms with E-state index < -0.39 is 6.09 Å². The Bertz CT molecular complexity index is 591. The Kier molecular flexibility index (Phi) is 6.14. The predicted molar refractivity (Wildman–Crippen MR) is 102 cm³/mol. The van der Waals surface area contributed by atoms with Crippen molar-refractivity contribution in [1.82, 2.24) is 10.6 Å². The molecule has 2 saturated carbocycles. The maximum absolute atomic E-state index is 10.7. The lowest BCUT2D eigenvalue weighted by Gasteiger charge is -2.28. The van der Waals surface area contributed by atoms with E-state index in [1.807, 2.05) is 0 Å². The van der Waals surface area contributed by atoms with E-state index in [2.05, 4.69) is 54.0 Å². The first-order valence-corrected chi connectivity index (χ1v) is 9.64. The van der Waals surface area contributed by atoms with Gasteiger partial charge in [-0.25, -0.2) is 4.79 Å². The molecule has 0 aliphatic heterocycles.